The van der Waals surface area contributed by atoms with Gasteiger partial charge in [0.15, 0.2) is 0 Å². The Morgan fingerprint density at radius 3 is 1.60 bits per heavy atom. The Kier molecular flexibility index (Phi) is 23.0. The van der Waals surface area contributed by atoms with Gasteiger partial charge in [0.25, 0.3) is 0 Å². The Balaban J connectivity index is 0. The van der Waals surface area contributed by atoms with Crippen molar-refractivity contribution in [2.24, 2.45) is 0 Å². The lowest BCUT2D eigenvalue weighted by Gasteiger charge is -2.24. The Hall–Kier alpha value is 0.347. The van der Waals surface area contributed by atoms with E-state index in [1.807, 2.05) is 0 Å². The van der Waals surface area contributed by atoms with Crippen LogP contribution in [0, 0.1) is 0 Å². The first kappa shape index (κ1) is 32.5. The maximum Gasteiger partial charge on any atom is 0.500 e. The zero-order chi connectivity index (χ0) is 23.3. The molecule has 0 bridgehead atoms. The van der Waals surface area contributed by atoms with Crippen molar-refractivity contribution in [2.45, 2.75) is 78.2 Å². The van der Waals surface area contributed by atoms with Crippen molar-refractivity contribution in [1.82, 2.24) is 0 Å². The second kappa shape index (κ2) is 21.2. The van der Waals surface area contributed by atoms with Gasteiger partial charge in [0, 0.05) is 47.3 Å². The number of carbonyl (C=O) groups excluding carboxylic acids is 1. The predicted molar refractivity (Wildman–Crippen MR) is 135 cm³/mol. The van der Waals surface area contributed by atoms with Gasteiger partial charge in [0.2, 0.25) is 0 Å². The van der Waals surface area contributed by atoms with E-state index in [4.69, 9.17) is 13.3 Å². The van der Waals surface area contributed by atoms with E-state index in [1.54, 1.807) is 51.6 Å². The summed E-state index contributed by atoms with van der Waals surface area (Å²) in [5, 5.41) is 10.2. The van der Waals surface area contributed by atoms with Crippen LogP contribution in [0.3, 0.4) is 0 Å². The highest BCUT2D eigenvalue weighted by Crippen LogP contribution is 2.57. The summed E-state index contributed by atoms with van der Waals surface area (Å²) in [4.78, 5) is 10.2. The Morgan fingerprint density at radius 1 is 0.833 bits per heavy atom. The van der Waals surface area contributed by atoms with E-state index < -0.39 is 22.0 Å². The molecule has 0 fully saturated rings. The molecule has 0 aromatic rings. The number of unbranched alkanes of at least 4 members (excludes halogenated alkanes) is 3. The zero-order valence-corrected chi connectivity index (χ0v) is 23.5. The highest BCUT2D eigenvalue weighted by molar-refractivity contribution is 7.99. The van der Waals surface area contributed by atoms with E-state index in [2.05, 4.69) is 27.4 Å². The first-order valence-corrected chi connectivity index (χ1v) is 17.4. The normalized spacial score (nSPS) is 11.8. The van der Waals surface area contributed by atoms with Crippen molar-refractivity contribution in [3.8, 4) is 0 Å². The van der Waals surface area contributed by atoms with E-state index in [0.29, 0.717) is 5.75 Å². The first-order valence-electron chi connectivity index (χ1n) is 11.5. The van der Waals surface area contributed by atoms with E-state index in [9.17, 15) is 9.90 Å². The average Bonchev–Trinajstić information content (AvgIpc) is 2.75. The largest absolute Gasteiger partial charge is 0.550 e. The molecule has 0 spiro atoms. The van der Waals surface area contributed by atoms with Crippen molar-refractivity contribution >= 4 is 33.8 Å². The lowest BCUT2D eigenvalue weighted by molar-refractivity contribution is -0.305. The highest BCUT2D eigenvalue weighted by atomic mass is 32.2. The Bertz CT molecular complexity index is 368. The van der Waals surface area contributed by atoms with Crippen LogP contribution in [0.4, 0.5) is 0 Å². The van der Waals surface area contributed by atoms with Gasteiger partial charge >= 0.3 is 8.80 Å². The molecular formula is C22H49O5PSSi. The third-order valence-electron chi connectivity index (χ3n) is 5.31. The maximum atomic E-state index is 10.2. The fourth-order valence-corrected chi connectivity index (χ4v) is 9.91. The van der Waals surface area contributed by atoms with Gasteiger partial charge in [-0.3, -0.25) is 0 Å². The minimum Gasteiger partial charge on any atom is -0.550 e. The molecule has 8 heteroatoms. The molecule has 0 saturated carbocycles. The summed E-state index contributed by atoms with van der Waals surface area (Å²) in [7, 11) is 1.80. The predicted octanol–water partition coefficient (Wildman–Crippen LogP) is 5.16. The third kappa shape index (κ3) is 18.0. The standard InChI is InChI=1S/C13H30P.C9H20O5SSi/c1-5-8-11-14(4,12-9-6-2)13-10-7-3;1-12-16(13-2,14-3)8-4-6-15-7-5-9(10)11/h5-13H2,1-4H3;4-8H2,1-3H3,(H,10,11)/q+1;/p-1. The van der Waals surface area contributed by atoms with Crippen molar-refractivity contribution in [3.05, 3.63) is 0 Å². The number of aliphatic carboxylic acids is 1. The monoisotopic (exact) mass is 484 g/mol. The first-order chi connectivity index (χ1) is 14.3. The summed E-state index contributed by atoms with van der Waals surface area (Å²) in [6, 6.07) is 0.745. The number of hydrogen-bond acceptors (Lipinski definition) is 6. The van der Waals surface area contributed by atoms with Crippen LogP contribution in [-0.2, 0) is 18.1 Å². The van der Waals surface area contributed by atoms with E-state index in [0.717, 1.165) is 18.2 Å². The molecular weight excluding hydrogens is 435 g/mol. The van der Waals surface area contributed by atoms with Crippen LogP contribution in [0.25, 0.3) is 0 Å². The van der Waals surface area contributed by atoms with Gasteiger partial charge in [-0.25, -0.2) is 0 Å². The number of rotatable bonds is 19. The quantitative estimate of drug-likeness (QED) is 0.143. The minimum absolute atomic E-state index is 0.103. The Labute approximate surface area is 193 Å². The number of thioether (sulfide) groups is 1. The second-order valence-corrected chi connectivity index (χ2v) is 16.9. The van der Waals surface area contributed by atoms with Gasteiger partial charge in [0.05, 0.1) is 18.5 Å². The Morgan fingerprint density at radius 2 is 1.27 bits per heavy atom. The molecule has 0 radical (unpaired) electrons. The van der Waals surface area contributed by atoms with Gasteiger partial charge in [0.1, 0.15) is 0 Å². The minimum atomic E-state index is -2.44. The highest BCUT2D eigenvalue weighted by Gasteiger charge is 2.36. The molecule has 0 rings (SSSR count). The molecule has 0 aromatic heterocycles. The van der Waals surface area contributed by atoms with Crippen molar-refractivity contribution in [1.29, 1.82) is 0 Å². The van der Waals surface area contributed by atoms with Gasteiger partial charge in [-0.1, -0.05) is 40.0 Å². The topological polar surface area (TPSA) is 67.8 Å². The van der Waals surface area contributed by atoms with Gasteiger partial charge < -0.3 is 23.2 Å². The smallest absolute Gasteiger partial charge is 0.500 e. The molecule has 0 aliphatic carbocycles. The average molecular weight is 485 g/mol. The van der Waals surface area contributed by atoms with Crippen LogP contribution in [0.5, 0.6) is 0 Å². The molecule has 0 amide bonds. The fraction of sp³-hybridized carbons (Fsp3) is 0.955. The lowest BCUT2D eigenvalue weighted by Crippen LogP contribution is -2.42. The second-order valence-electron chi connectivity index (χ2n) is 7.98. The van der Waals surface area contributed by atoms with Crippen LogP contribution < -0.4 is 5.11 Å². The molecule has 30 heavy (non-hydrogen) atoms. The summed E-state index contributed by atoms with van der Waals surface area (Å²) < 4.78 is 15.8. The van der Waals surface area contributed by atoms with Crippen LogP contribution in [0.2, 0.25) is 6.04 Å². The summed E-state index contributed by atoms with van der Waals surface area (Å²) >= 11 is 1.59. The summed E-state index contributed by atoms with van der Waals surface area (Å²) in [6.45, 7) is 9.59. The molecule has 0 aromatic carbocycles. The van der Waals surface area contributed by atoms with Gasteiger partial charge in [-0.05, 0) is 43.6 Å². The lowest BCUT2D eigenvalue weighted by atomic mass is 10.4. The van der Waals surface area contributed by atoms with Crippen molar-refractivity contribution in [2.75, 3.05) is 58.0 Å². The summed E-state index contributed by atoms with van der Waals surface area (Å²) in [5.41, 5.74) is 0. The summed E-state index contributed by atoms with van der Waals surface area (Å²) in [5.74, 6) is 0.462. The number of carboxylic acid groups (broad SMARTS) is 1. The molecule has 182 valence electrons. The van der Waals surface area contributed by atoms with E-state index in [1.165, 1.54) is 38.5 Å². The summed E-state index contributed by atoms with van der Waals surface area (Å²) in [6.07, 6.45) is 14.2. The van der Waals surface area contributed by atoms with E-state index in [-0.39, 0.29) is 6.42 Å². The number of carbonyl (C=O) groups is 1. The fourth-order valence-electron chi connectivity index (χ4n) is 3.16. The number of carboxylic acids is 1. The van der Waals surface area contributed by atoms with Crippen LogP contribution in [0.15, 0.2) is 0 Å². The molecule has 0 unspecified atom stereocenters. The molecule has 0 aliphatic heterocycles. The molecule has 0 aliphatic rings. The van der Waals surface area contributed by atoms with Crippen molar-refractivity contribution in [3.63, 3.8) is 0 Å². The number of hydrogen-bond donors (Lipinski definition) is 0. The zero-order valence-electron chi connectivity index (χ0n) is 20.8. The molecule has 0 heterocycles. The van der Waals surface area contributed by atoms with Crippen LogP contribution in [-0.4, -0.2) is 72.8 Å². The van der Waals surface area contributed by atoms with E-state index >= 15 is 0 Å². The van der Waals surface area contributed by atoms with Gasteiger partial charge in [-0.15, -0.1) is 0 Å². The maximum absolute atomic E-state index is 10.2. The molecule has 0 saturated heterocycles. The third-order valence-corrected chi connectivity index (χ3v) is 13.4. The van der Waals surface area contributed by atoms with Crippen LogP contribution >= 0.6 is 19.0 Å². The van der Waals surface area contributed by atoms with Gasteiger partial charge in [-0.2, -0.15) is 11.8 Å². The molecule has 5 nitrogen and oxygen atoms in total. The van der Waals surface area contributed by atoms with Crippen molar-refractivity contribution < 1.29 is 23.2 Å². The SMILES string of the molecule is CCCC[P+](C)(CCCC)CCCC.CO[Si](CCCSCCC(=O)[O-])(OC)OC. The molecule has 0 N–H and O–H groups in total. The van der Waals surface area contributed by atoms with Crippen LogP contribution in [0.1, 0.15) is 72.1 Å². The molecule has 0 atom stereocenters.